The summed E-state index contributed by atoms with van der Waals surface area (Å²) in [6, 6.07) is 13.3. The summed E-state index contributed by atoms with van der Waals surface area (Å²) in [6.07, 6.45) is 2.75. The van der Waals surface area contributed by atoms with Crippen LogP contribution in [-0.4, -0.2) is 27.8 Å². The normalized spacial score (nSPS) is 11.9. The second-order valence-corrected chi connectivity index (χ2v) is 8.46. The van der Waals surface area contributed by atoms with E-state index in [9.17, 15) is 4.79 Å². The largest absolute Gasteiger partial charge is 0.490 e. The summed E-state index contributed by atoms with van der Waals surface area (Å²) in [5.41, 5.74) is 1.54. The van der Waals surface area contributed by atoms with Gasteiger partial charge in [0.05, 0.1) is 17.7 Å². The van der Waals surface area contributed by atoms with E-state index in [1.165, 1.54) is 15.9 Å². The number of halogens is 1. The monoisotopic (exact) mass is 485 g/mol. The summed E-state index contributed by atoms with van der Waals surface area (Å²) >= 11 is 4.73. The maximum Gasteiger partial charge on any atom is 0.291 e. The number of hydrogen-bond donors (Lipinski definition) is 0. The molecule has 4 rings (SSSR count). The molecule has 0 aliphatic rings. The molecule has 0 aliphatic carbocycles. The number of aromatic nitrogens is 3. The predicted molar refractivity (Wildman–Crippen MR) is 122 cm³/mol. The zero-order chi connectivity index (χ0) is 21.1. The van der Waals surface area contributed by atoms with Crippen LogP contribution in [0.25, 0.3) is 22.4 Å². The van der Waals surface area contributed by atoms with E-state index < -0.39 is 0 Å². The number of thiazole rings is 1. The van der Waals surface area contributed by atoms with Gasteiger partial charge in [0.15, 0.2) is 17.3 Å². The van der Waals surface area contributed by atoms with E-state index in [1.807, 2.05) is 55.5 Å². The number of benzene rings is 2. The molecular weight excluding hydrogens is 466 g/mol. The van der Waals surface area contributed by atoms with Crippen LogP contribution in [0.2, 0.25) is 0 Å². The summed E-state index contributed by atoms with van der Waals surface area (Å²) in [5.74, 6) is 1.91. The Kier molecular flexibility index (Phi) is 6.15. The molecule has 2 aromatic heterocycles. The third kappa shape index (κ3) is 4.24. The summed E-state index contributed by atoms with van der Waals surface area (Å²) in [6.45, 7) is 5.15. The molecule has 0 fully saturated rings. The van der Waals surface area contributed by atoms with Crippen molar-refractivity contribution >= 4 is 38.3 Å². The van der Waals surface area contributed by atoms with E-state index in [1.54, 1.807) is 0 Å². The lowest BCUT2D eigenvalue weighted by molar-refractivity contribution is 0.277. The van der Waals surface area contributed by atoms with Gasteiger partial charge >= 0.3 is 0 Å². The SMILES string of the molecule is CCCOc1ccc(/C=c2\sc3nc(-c4ccc(Br)cc4)nn3c2=O)cc1OCC. The second kappa shape index (κ2) is 8.97. The van der Waals surface area contributed by atoms with Crippen LogP contribution < -0.4 is 19.6 Å². The van der Waals surface area contributed by atoms with Crippen LogP contribution in [0.4, 0.5) is 0 Å². The first-order valence-corrected chi connectivity index (χ1v) is 11.3. The van der Waals surface area contributed by atoms with Crippen LogP contribution in [0, 0.1) is 0 Å². The Balaban J connectivity index is 1.70. The quantitative estimate of drug-likeness (QED) is 0.390. The molecule has 2 aromatic carbocycles. The molecule has 0 amide bonds. The molecule has 0 saturated heterocycles. The van der Waals surface area contributed by atoms with E-state index in [0.717, 1.165) is 22.0 Å². The number of hydrogen-bond acceptors (Lipinski definition) is 6. The summed E-state index contributed by atoms with van der Waals surface area (Å²) in [4.78, 5) is 17.9. The first-order valence-electron chi connectivity index (χ1n) is 9.66. The molecule has 8 heteroatoms. The molecule has 6 nitrogen and oxygen atoms in total. The molecule has 0 atom stereocenters. The third-order valence-electron chi connectivity index (χ3n) is 4.31. The molecule has 4 aromatic rings. The van der Waals surface area contributed by atoms with Crippen molar-refractivity contribution in [3.8, 4) is 22.9 Å². The van der Waals surface area contributed by atoms with Gasteiger partial charge in [-0.25, -0.2) is 0 Å². The van der Waals surface area contributed by atoms with E-state index in [4.69, 9.17) is 9.47 Å². The van der Waals surface area contributed by atoms with Crippen molar-refractivity contribution in [1.29, 1.82) is 0 Å². The highest BCUT2D eigenvalue weighted by Gasteiger charge is 2.12. The minimum Gasteiger partial charge on any atom is -0.490 e. The average molecular weight is 486 g/mol. The van der Waals surface area contributed by atoms with Crippen LogP contribution in [0.1, 0.15) is 25.8 Å². The fourth-order valence-electron chi connectivity index (χ4n) is 2.92. The van der Waals surface area contributed by atoms with Crippen LogP contribution in [-0.2, 0) is 0 Å². The highest BCUT2D eigenvalue weighted by atomic mass is 79.9. The van der Waals surface area contributed by atoms with E-state index in [2.05, 4.69) is 32.9 Å². The molecule has 0 saturated carbocycles. The summed E-state index contributed by atoms with van der Waals surface area (Å²) < 4.78 is 14.3. The zero-order valence-corrected chi connectivity index (χ0v) is 19.0. The Morgan fingerprint density at radius 2 is 1.90 bits per heavy atom. The van der Waals surface area contributed by atoms with Gasteiger partial charge < -0.3 is 9.47 Å². The van der Waals surface area contributed by atoms with E-state index in [-0.39, 0.29) is 5.56 Å². The van der Waals surface area contributed by atoms with E-state index in [0.29, 0.717) is 40.0 Å². The lowest BCUT2D eigenvalue weighted by Crippen LogP contribution is -2.23. The Hall–Kier alpha value is -2.71. The van der Waals surface area contributed by atoms with Gasteiger partial charge in [0, 0.05) is 10.0 Å². The molecule has 0 unspecified atom stereocenters. The maximum absolute atomic E-state index is 12.8. The molecule has 30 heavy (non-hydrogen) atoms. The predicted octanol–water partition coefficient (Wildman–Crippen LogP) is 4.32. The number of ether oxygens (including phenoxy) is 2. The van der Waals surface area contributed by atoms with Gasteiger partial charge in [0.2, 0.25) is 4.96 Å². The Labute approximate surface area is 185 Å². The Morgan fingerprint density at radius 1 is 1.10 bits per heavy atom. The van der Waals surface area contributed by atoms with Crippen molar-refractivity contribution in [2.75, 3.05) is 13.2 Å². The topological polar surface area (TPSA) is 65.7 Å². The second-order valence-electron chi connectivity index (χ2n) is 6.54. The molecule has 0 spiro atoms. The highest BCUT2D eigenvalue weighted by molar-refractivity contribution is 9.10. The van der Waals surface area contributed by atoms with Crippen LogP contribution in [0.3, 0.4) is 0 Å². The highest BCUT2D eigenvalue weighted by Crippen LogP contribution is 2.29. The maximum atomic E-state index is 12.8. The zero-order valence-electron chi connectivity index (χ0n) is 16.6. The lowest BCUT2D eigenvalue weighted by atomic mass is 10.2. The Bertz CT molecular complexity index is 1280. The average Bonchev–Trinajstić information content (AvgIpc) is 3.28. The fraction of sp³-hybridized carbons (Fsp3) is 0.227. The fourth-order valence-corrected chi connectivity index (χ4v) is 4.09. The smallest absolute Gasteiger partial charge is 0.291 e. The van der Waals surface area contributed by atoms with Crippen molar-refractivity contribution in [2.45, 2.75) is 20.3 Å². The summed E-state index contributed by atoms with van der Waals surface area (Å²) in [5, 5.41) is 4.39. The molecule has 0 bridgehead atoms. The molecule has 154 valence electrons. The number of fused-ring (bicyclic) bond motifs is 1. The van der Waals surface area contributed by atoms with Crippen LogP contribution >= 0.6 is 27.3 Å². The number of nitrogens with zero attached hydrogens (tertiary/aromatic N) is 3. The van der Waals surface area contributed by atoms with Crippen molar-refractivity contribution in [2.24, 2.45) is 0 Å². The van der Waals surface area contributed by atoms with Gasteiger partial charge in [-0.2, -0.15) is 9.50 Å². The van der Waals surface area contributed by atoms with Gasteiger partial charge in [-0.15, -0.1) is 5.10 Å². The van der Waals surface area contributed by atoms with Gasteiger partial charge in [-0.3, -0.25) is 4.79 Å². The molecular formula is C22H20BrN3O3S. The van der Waals surface area contributed by atoms with Crippen molar-refractivity contribution in [1.82, 2.24) is 14.6 Å². The van der Waals surface area contributed by atoms with Crippen molar-refractivity contribution in [3.05, 3.63) is 67.4 Å². The van der Waals surface area contributed by atoms with Gasteiger partial charge in [-0.1, -0.05) is 52.4 Å². The van der Waals surface area contributed by atoms with Gasteiger partial charge in [-0.05, 0) is 49.2 Å². The molecule has 2 heterocycles. The standard InChI is InChI=1S/C22H20BrN3O3S/c1-3-11-29-17-10-5-14(12-18(17)28-4-2)13-19-21(27)26-22(30-19)24-20(25-26)15-6-8-16(23)9-7-15/h5-10,12-13H,3-4,11H2,1-2H3/b19-13-. The minimum atomic E-state index is -0.185. The molecule has 0 N–H and O–H groups in total. The van der Waals surface area contributed by atoms with Crippen LogP contribution in [0.5, 0.6) is 11.5 Å². The summed E-state index contributed by atoms with van der Waals surface area (Å²) in [7, 11) is 0. The first-order chi connectivity index (χ1) is 14.6. The number of rotatable bonds is 7. The molecule has 0 aliphatic heterocycles. The van der Waals surface area contributed by atoms with Crippen molar-refractivity contribution < 1.29 is 9.47 Å². The van der Waals surface area contributed by atoms with E-state index >= 15 is 0 Å². The van der Waals surface area contributed by atoms with Gasteiger partial charge in [0.25, 0.3) is 5.56 Å². The first kappa shape index (κ1) is 20.6. The van der Waals surface area contributed by atoms with Crippen molar-refractivity contribution in [3.63, 3.8) is 0 Å². The third-order valence-corrected chi connectivity index (χ3v) is 5.80. The van der Waals surface area contributed by atoms with Crippen LogP contribution in [0.15, 0.2) is 51.7 Å². The Morgan fingerprint density at radius 3 is 2.60 bits per heavy atom. The van der Waals surface area contributed by atoms with Gasteiger partial charge in [0.1, 0.15) is 0 Å². The molecule has 0 radical (unpaired) electrons. The minimum absolute atomic E-state index is 0.185. The lowest BCUT2D eigenvalue weighted by Gasteiger charge is -2.11.